The van der Waals surface area contributed by atoms with Crippen LogP contribution >= 0.6 is 0 Å². The molecule has 0 fully saturated rings. The number of hydrogen-bond donors (Lipinski definition) is 1. The van der Waals surface area contributed by atoms with Crippen molar-refractivity contribution in [3.63, 3.8) is 0 Å². The molecule has 0 amide bonds. The standard InChI is InChI=1S/C16H25F2N/c1-4-7-12(8-5-2)15(19-3)11-13-9-6-10-14(17)16(13)18/h6,9-10,12,15,19H,4-5,7-8,11H2,1-3H3. The van der Waals surface area contributed by atoms with Gasteiger partial charge in [-0.3, -0.25) is 0 Å². The van der Waals surface area contributed by atoms with Gasteiger partial charge >= 0.3 is 0 Å². The van der Waals surface area contributed by atoms with Crippen molar-refractivity contribution in [3.8, 4) is 0 Å². The molecule has 0 radical (unpaired) electrons. The van der Waals surface area contributed by atoms with E-state index in [0.717, 1.165) is 25.7 Å². The van der Waals surface area contributed by atoms with Crippen LogP contribution in [0.5, 0.6) is 0 Å². The van der Waals surface area contributed by atoms with Gasteiger partial charge in [0.05, 0.1) is 0 Å². The lowest BCUT2D eigenvalue weighted by atomic mass is 9.86. The van der Waals surface area contributed by atoms with E-state index in [1.165, 1.54) is 6.07 Å². The monoisotopic (exact) mass is 269 g/mol. The van der Waals surface area contributed by atoms with Gasteiger partial charge in [0.25, 0.3) is 0 Å². The van der Waals surface area contributed by atoms with Gasteiger partial charge in [-0.2, -0.15) is 0 Å². The minimum atomic E-state index is -0.755. The molecule has 1 unspecified atom stereocenters. The Morgan fingerprint density at radius 3 is 2.26 bits per heavy atom. The molecule has 0 bridgehead atoms. The van der Waals surface area contributed by atoms with Gasteiger partial charge in [0.2, 0.25) is 0 Å². The third kappa shape index (κ3) is 4.57. The Labute approximate surface area is 115 Å². The minimum Gasteiger partial charge on any atom is -0.316 e. The van der Waals surface area contributed by atoms with Gasteiger partial charge in [-0.25, -0.2) is 8.78 Å². The second-order valence-corrected chi connectivity index (χ2v) is 5.15. The van der Waals surface area contributed by atoms with E-state index in [9.17, 15) is 8.78 Å². The predicted molar refractivity (Wildman–Crippen MR) is 76.2 cm³/mol. The van der Waals surface area contributed by atoms with E-state index in [1.807, 2.05) is 7.05 Å². The first-order chi connectivity index (χ1) is 9.13. The molecular weight excluding hydrogens is 244 g/mol. The van der Waals surface area contributed by atoms with Crippen LogP contribution in [-0.2, 0) is 6.42 Å². The Morgan fingerprint density at radius 2 is 1.74 bits per heavy atom. The summed E-state index contributed by atoms with van der Waals surface area (Å²) in [7, 11) is 1.90. The normalized spacial score (nSPS) is 12.9. The Hall–Kier alpha value is -0.960. The van der Waals surface area contributed by atoms with Crippen molar-refractivity contribution in [2.45, 2.75) is 52.0 Å². The van der Waals surface area contributed by atoms with Crippen molar-refractivity contribution in [2.75, 3.05) is 7.05 Å². The van der Waals surface area contributed by atoms with Gasteiger partial charge in [-0.1, -0.05) is 38.8 Å². The average molecular weight is 269 g/mol. The highest BCUT2D eigenvalue weighted by Crippen LogP contribution is 2.22. The van der Waals surface area contributed by atoms with Gasteiger partial charge in [0, 0.05) is 6.04 Å². The largest absolute Gasteiger partial charge is 0.316 e. The van der Waals surface area contributed by atoms with Crippen molar-refractivity contribution in [3.05, 3.63) is 35.4 Å². The van der Waals surface area contributed by atoms with Crippen LogP contribution in [0.4, 0.5) is 8.78 Å². The molecule has 108 valence electrons. The quantitative estimate of drug-likeness (QED) is 0.741. The second-order valence-electron chi connectivity index (χ2n) is 5.15. The third-order valence-electron chi connectivity index (χ3n) is 3.73. The highest BCUT2D eigenvalue weighted by Gasteiger charge is 2.21. The molecule has 0 saturated heterocycles. The molecule has 0 aromatic heterocycles. The first kappa shape index (κ1) is 16.1. The van der Waals surface area contributed by atoms with Gasteiger partial charge < -0.3 is 5.32 Å². The summed E-state index contributed by atoms with van der Waals surface area (Å²) in [5, 5.41) is 3.28. The molecule has 0 aliphatic rings. The summed E-state index contributed by atoms with van der Waals surface area (Å²) in [6.07, 6.45) is 5.03. The minimum absolute atomic E-state index is 0.205. The lowest BCUT2D eigenvalue weighted by Crippen LogP contribution is -2.36. The molecule has 1 nitrogen and oxygen atoms in total. The van der Waals surface area contributed by atoms with Crippen LogP contribution < -0.4 is 5.32 Å². The molecule has 0 spiro atoms. The van der Waals surface area contributed by atoms with Gasteiger partial charge in [0.15, 0.2) is 11.6 Å². The topological polar surface area (TPSA) is 12.0 Å². The summed E-state index contributed by atoms with van der Waals surface area (Å²) < 4.78 is 27.0. The fraction of sp³-hybridized carbons (Fsp3) is 0.625. The first-order valence-corrected chi connectivity index (χ1v) is 7.24. The summed E-state index contributed by atoms with van der Waals surface area (Å²) in [5.74, 6) is -0.938. The molecule has 19 heavy (non-hydrogen) atoms. The predicted octanol–water partition coefficient (Wildman–Crippen LogP) is 4.31. The SMILES string of the molecule is CCCC(CCC)C(Cc1cccc(F)c1F)NC. The van der Waals surface area contributed by atoms with Crippen LogP contribution in [-0.4, -0.2) is 13.1 Å². The molecule has 0 heterocycles. The second kappa shape index (κ2) is 8.26. The van der Waals surface area contributed by atoms with Gasteiger partial charge in [-0.05, 0) is 43.9 Å². The molecule has 1 atom stereocenters. The van der Waals surface area contributed by atoms with Gasteiger partial charge in [0.1, 0.15) is 0 Å². The molecule has 0 saturated carbocycles. The maximum absolute atomic E-state index is 13.7. The van der Waals surface area contributed by atoms with E-state index >= 15 is 0 Å². The fourth-order valence-corrected chi connectivity index (χ4v) is 2.74. The zero-order chi connectivity index (χ0) is 14.3. The van der Waals surface area contributed by atoms with Crippen LogP contribution in [0.2, 0.25) is 0 Å². The van der Waals surface area contributed by atoms with Crippen molar-refractivity contribution in [1.82, 2.24) is 5.32 Å². The zero-order valence-corrected chi connectivity index (χ0v) is 12.2. The molecule has 0 aliphatic heterocycles. The highest BCUT2D eigenvalue weighted by atomic mass is 19.2. The Kier molecular flexibility index (Phi) is 7.00. The van der Waals surface area contributed by atoms with Crippen molar-refractivity contribution in [2.24, 2.45) is 5.92 Å². The van der Waals surface area contributed by atoms with Crippen LogP contribution in [0.1, 0.15) is 45.1 Å². The van der Waals surface area contributed by atoms with E-state index in [1.54, 1.807) is 12.1 Å². The molecule has 1 aromatic carbocycles. The molecule has 1 N–H and O–H groups in total. The number of rotatable bonds is 8. The molecule has 1 rings (SSSR count). The lowest BCUT2D eigenvalue weighted by molar-refractivity contribution is 0.319. The van der Waals surface area contributed by atoms with E-state index < -0.39 is 11.6 Å². The van der Waals surface area contributed by atoms with Crippen LogP contribution in [0.15, 0.2) is 18.2 Å². The smallest absolute Gasteiger partial charge is 0.162 e. The summed E-state index contributed by atoms with van der Waals surface area (Å²) >= 11 is 0. The highest BCUT2D eigenvalue weighted by molar-refractivity contribution is 5.20. The maximum atomic E-state index is 13.7. The van der Waals surface area contributed by atoms with E-state index in [4.69, 9.17) is 0 Å². The molecular formula is C16H25F2N. The molecule has 1 aromatic rings. The fourth-order valence-electron chi connectivity index (χ4n) is 2.74. The molecule has 0 aliphatic carbocycles. The Balaban J connectivity index is 2.82. The zero-order valence-electron chi connectivity index (χ0n) is 12.2. The van der Waals surface area contributed by atoms with Gasteiger partial charge in [-0.15, -0.1) is 0 Å². The van der Waals surface area contributed by atoms with Crippen LogP contribution in [0, 0.1) is 17.6 Å². The van der Waals surface area contributed by atoms with Crippen molar-refractivity contribution in [1.29, 1.82) is 0 Å². The number of benzene rings is 1. The van der Waals surface area contributed by atoms with Crippen molar-refractivity contribution < 1.29 is 8.78 Å². The number of halogens is 2. The van der Waals surface area contributed by atoms with Crippen LogP contribution in [0.3, 0.4) is 0 Å². The summed E-state index contributed by atoms with van der Waals surface area (Å²) in [6, 6.07) is 4.63. The summed E-state index contributed by atoms with van der Waals surface area (Å²) in [4.78, 5) is 0. The number of likely N-dealkylation sites (N-methyl/N-ethyl adjacent to an activating group) is 1. The molecule has 3 heteroatoms. The first-order valence-electron chi connectivity index (χ1n) is 7.24. The van der Waals surface area contributed by atoms with E-state index in [0.29, 0.717) is 17.9 Å². The average Bonchev–Trinajstić information content (AvgIpc) is 2.40. The Morgan fingerprint density at radius 1 is 1.11 bits per heavy atom. The Bertz CT molecular complexity index is 373. The maximum Gasteiger partial charge on any atom is 0.162 e. The number of nitrogens with one attached hydrogen (secondary N) is 1. The van der Waals surface area contributed by atoms with E-state index in [-0.39, 0.29) is 6.04 Å². The van der Waals surface area contributed by atoms with E-state index in [2.05, 4.69) is 19.2 Å². The third-order valence-corrected chi connectivity index (χ3v) is 3.73. The van der Waals surface area contributed by atoms with Crippen molar-refractivity contribution >= 4 is 0 Å². The van der Waals surface area contributed by atoms with Crippen LogP contribution in [0.25, 0.3) is 0 Å². The summed E-state index contributed by atoms with van der Waals surface area (Å²) in [6.45, 7) is 4.33. The summed E-state index contributed by atoms with van der Waals surface area (Å²) in [5.41, 5.74) is 0.469. The lowest BCUT2D eigenvalue weighted by Gasteiger charge is -2.27. The number of hydrogen-bond acceptors (Lipinski definition) is 1.